The Morgan fingerprint density at radius 1 is 1.00 bits per heavy atom. The SMILES string of the molecule is CCCOc1ccc(N2C(=O)[C@@H]3[C@H](C2=O)[C@@H]2C=C[C@@H]3CC2)cc1. The van der Waals surface area contributed by atoms with Crippen molar-refractivity contribution < 1.29 is 14.3 Å². The minimum absolute atomic E-state index is 0.0266. The van der Waals surface area contributed by atoms with E-state index >= 15 is 0 Å². The van der Waals surface area contributed by atoms with Crippen LogP contribution in [0.1, 0.15) is 26.2 Å². The number of nitrogens with zero attached hydrogens (tertiary/aromatic N) is 1. The lowest BCUT2D eigenvalue weighted by Gasteiger charge is -2.38. The third-order valence-electron chi connectivity index (χ3n) is 5.33. The summed E-state index contributed by atoms with van der Waals surface area (Å²) in [6.07, 6.45) is 7.29. The number of allylic oxidation sites excluding steroid dienone is 2. The molecule has 4 heteroatoms. The maximum atomic E-state index is 12.8. The molecule has 120 valence electrons. The summed E-state index contributed by atoms with van der Waals surface area (Å²) in [6.45, 7) is 2.72. The zero-order valence-corrected chi connectivity index (χ0v) is 13.3. The van der Waals surface area contributed by atoms with Gasteiger partial charge in [-0.3, -0.25) is 14.5 Å². The molecule has 2 amide bonds. The largest absolute Gasteiger partial charge is 0.494 e. The number of hydrogen-bond acceptors (Lipinski definition) is 3. The highest BCUT2D eigenvalue weighted by Gasteiger charge is 2.56. The maximum Gasteiger partial charge on any atom is 0.238 e. The molecule has 1 saturated carbocycles. The van der Waals surface area contributed by atoms with Crippen LogP contribution in [0.15, 0.2) is 36.4 Å². The van der Waals surface area contributed by atoms with Crippen molar-refractivity contribution in [3.05, 3.63) is 36.4 Å². The summed E-state index contributed by atoms with van der Waals surface area (Å²) in [5, 5.41) is 0. The Bertz CT molecular complexity index is 632. The van der Waals surface area contributed by atoms with Gasteiger partial charge in [-0.15, -0.1) is 0 Å². The third kappa shape index (κ3) is 2.19. The van der Waals surface area contributed by atoms with E-state index in [1.165, 1.54) is 4.90 Å². The van der Waals surface area contributed by atoms with Gasteiger partial charge >= 0.3 is 0 Å². The number of benzene rings is 1. The Balaban J connectivity index is 1.60. The number of imide groups is 1. The Hall–Kier alpha value is -2.10. The van der Waals surface area contributed by atoms with Crippen molar-refractivity contribution in [2.24, 2.45) is 23.7 Å². The fourth-order valence-electron chi connectivity index (χ4n) is 4.24. The Kier molecular flexibility index (Phi) is 3.47. The van der Waals surface area contributed by atoms with Gasteiger partial charge in [0.05, 0.1) is 24.1 Å². The van der Waals surface area contributed by atoms with Gasteiger partial charge in [-0.25, -0.2) is 0 Å². The zero-order valence-electron chi connectivity index (χ0n) is 13.3. The molecule has 1 heterocycles. The normalized spacial score (nSPS) is 31.6. The van der Waals surface area contributed by atoms with E-state index in [-0.39, 0.29) is 35.5 Å². The van der Waals surface area contributed by atoms with Gasteiger partial charge in [-0.2, -0.15) is 0 Å². The Morgan fingerprint density at radius 3 is 2.04 bits per heavy atom. The molecular weight excluding hydrogens is 290 g/mol. The van der Waals surface area contributed by atoms with Crippen LogP contribution in [-0.2, 0) is 9.59 Å². The van der Waals surface area contributed by atoms with Gasteiger partial charge in [0.1, 0.15) is 5.75 Å². The zero-order chi connectivity index (χ0) is 16.0. The molecule has 1 aromatic rings. The van der Waals surface area contributed by atoms with E-state index in [0.29, 0.717) is 12.3 Å². The summed E-state index contributed by atoms with van der Waals surface area (Å²) in [4.78, 5) is 27.1. The highest BCUT2D eigenvalue weighted by atomic mass is 16.5. The van der Waals surface area contributed by atoms with Crippen LogP contribution in [0.2, 0.25) is 0 Å². The van der Waals surface area contributed by atoms with E-state index in [2.05, 4.69) is 19.1 Å². The fourth-order valence-corrected chi connectivity index (χ4v) is 4.24. The first-order valence-electron chi connectivity index (χ1n) is 8.49. The van der Waals surface area contributed by atoms with Crippen LogP contribution in [0.4, 0.5) is 5.69 Å². The van der Waals surface area contributed by atoms with E-state index in [0.717, 1.165) is 25.0 Å². The maximum absolute atomic E-state index is 12.8. The minimum Gasteiger partial charge on any atom is -0.494 e. The van der Waals surface area contributed by atoms with Gasteiger partial charge in [-0.1, -0.05) is 19.1 Å². The van der Waals surface area contributed by atoms with Gasteiger partial charge in [0.15, 0.2) is 0 Å². The molecule has 5 rings (SSSR count). The van der Waals surface area contributed by atoms with E-state index in [9.17, 15) is 9.59 Å². The molecule has 0 N–H and O–H groups in total. The van der Waals surface area contributed by atoms with Crippen LogP contribution < -0.4 is 9.64 Å². The summed E-state index contributed by atoms with van der Waals surface area (Å²) in [7, 11) is 0. The van der Waals surface area contributed by atoms with Crippen molar-refractivity contribution in [2.75, 3.05) is 11.5 Å². The van der Waals surface area contributed by atoms with Crippen molar-refractivity contribution in [1.29, 1.82) is 0 Å². The van der Waals surface area contributed by atoms with Crippen molar-refractivity contribution in [2.45, 2.75) is 26.2 Å². The van der Waals surface area contributed by atoms with E-state index in [1.54, 1.807) is 0 Å². The highest BCUT2D eigenvalue weighted by Crippen LogP contribution is 2.50. The number of rotatable bonds is 4. The van der Waals surface area contributed by atoms with E-state index in [4.69, 9.17) is 4.74 Å². The number of carbonyl (C=O) groups is 2. The molecule has 1 aromatic carbocycles. The molecule has 0 unspecified atom stereocenters. The smallest absolute Gasteiger partial charge is 0.238 e. The number of hydrogen-bond donors (Lipinski definition) is 0. The average molecular weight is 311 g/mol. The van der Waals surface area contributed by atoms with Crippen molar-refractivity contribution in [3.8, 4) is 5.75 Å². The average Bonchev–Trinajstić information content (AvgIpc) is 2.88. The topological polar surface area (TPSA) is 46.6 Å². The second kappa shape index (κ2) is 5.52. The van der Waals surface area contributed by atoms with E-state index < -0.39 is 0 Å². The lowest BCUT2D eigenvalue weighted by Crippen LogP contribution is -2.38. The number of carbonyl (C=O) groups excluding carboxylic acids is 2. The fraction of sp³-hybridized carbons (Fsp3) is 0.474. The Morgan fingerprint density at radius 2 is 1.57 bits per heavy atom. The number of anilines is 1. The van der Waals surface area contributed by atoms with Gasteiger partial charge in [-0.05, 0) is 55.4 Å². The van der Waals surface area contributed by atoms with Crippen molar-refractivity contribution >= 4 is 17.5 Å². The first-order chi connectivity index (χ1) is 11.2. The lowest BCUT2D eigenvalue weighted by atomic mass is 9.63. The molecule has 1 aliphatic heterocycles. The predicted molar refractivity (Wildman–Crippen MR) is 87.1 cm³/mol. The molecule has 2 bridgehead atoms. The molecule has 0 aromatic heterocycles. The molecule has 4 aliphatic rings. The van der Waals surface area contributed by atoms with Gasteiger partial charge in [0.25, 0.3) is 0 Å². The van der Waals surface area contributed by atoms with Crippen LogP contribution in [0, 0.1) is 23.7 Å². The number of amides is 2. The minimum atomic E-state index is -0.151. The summed E-state index contributed by atoms with van der Waals surface area (Å²) in [6, 6.07) is 7.29. The van der Waals surface area contributed by atoms with Crippen LogP contribution in [0.3, 0.4) is 0 Å². The van der Waals surface area contributed by atoms with Crippen LogP contribution in [0.5, 0.6) is 5.75 Å². The second-order valence-corrected chi connectivity index (χ2v) is 6.70. The predicted octanol–water partition coefficient (Wildman–Crippen LogP) is 3.18. The monoisotopic (exact) mass is 311 g/mol. The molecule has 23 heavy (non-hydrogen) atoms. The molecule has 4 nitrogen and oxygen atoms in total. The highest BCUT2D eigenvalue weighted by molar-refractivity contribution is 6.22. The van der Waals surface area contributed by atoms with Crippen LogP contribution >= 0.6 is 0 Å². The first-order valence-corrected chi connectivity index (χ1v) is 8.49. The standard InChI is InChI=1S/C19H21NO3/c1-2-11-23-15-9-7-14(8-10-15)20-18(21)16-12-3-4-13(6-5-12)17(16)19(20)22/h3-4,7-10,12-13,16-17H,2,5-6,11H2,1H3/t12-,13-,16-,17+/m1/s1. The van der Waals surface area contributed by atoms with Crippen molar-refractivity contribution in [1.82, 2.24) is 0 Å². The summed E-state index contributed by atoms with van der Waals surface area (Å²) < 4.78 is 5.57. The van der Waals surface area contributed by atoms with Gasteiger partial charge < -0.3 is 4.74 Å². The molecule has 0 spiro atoms. The number of fused-ring (bicyclic) bond motifs is 1. The second-order valence-electron chi connectivity index (χ2n) is 6.70. The van der Waals surface area contributed by atoms with Crippen LogP contribution in [0.25, 0.3) is 0 Å². The van der Waals surface area contributed by atoms with Crippen LogP contribution in [-0.4, -0.2) is 18.4 Å². The van der Waals surface area contributed by atoms with Crippen molar-refractivity contribution in [3.63, 3.8) is 0 Å². The quantitative estimate of drug-likeness (QED) is 0.634. The third-order valence-corrected chi connectivity index (χ3v) is 5.33. The molecule has 0 radical (unpaired) electrons. The lowest BCUT2D eigenvalue weighted by molar-refractivity contribution is -0.124. The van der Waals surface area contributed by atoms with E-state index in [1.807, 2.05) is 24.3 Å². The summed E-state index contributed by atoms with van der Waals surface area (Å²) in [5.74, 6) is 0.887. The molecular formula is C19H21NO3. The molecule has 3 aliphatic carbocycles. The molecule has 2 fully saturated rings. The van der Waals surface area contributed by atoms with Gasteiger partial charge in [0.2, 0.25) is 11.8 Å². The molecule has 1 saturated heterocycles. The molecule has 4 atom stereocenters. The van der Waals surface area contributed by atoms with Gasteiger partial charge in [0, 0.05) is 0 Å². The summed E-state index contributed by atoms with van der Waals surface area (Å²) >= 11 is 0. The first kappa shape index (κ1) is 14.5. The summed E-state index contributed by atoms with van der Waals surface area (Å²) in [5.41, 5.74) is 0.664. The number of ether oxygens (including phenoxy) is 1. The Labute approximate surface area is 136 Å².